The highest BCUT2D eigenvalue weighted by molar-refractivity contribution is 5.93. The minimum Gasteiger partial charge on any atom is -0.448 e. The Kier molecular flexibility index (Phi) is 3.85. The number of aliphatic hydroxyl groups excluding tert-OH is 1. The first-order valence-electron chi connectivity index (χ1n) is 4.88. The average molecular weight is 212 g/mol. The molecule has 0 bridgehead atoms. The van der Waals surface area contributed by atoms with Crippen LogP contribution in [-0.4, -0.2) is 28.6 Å². The summed E-state index contributed by atoms with van der Waals surface area (Å²) in [5.41, 5.74) is 0.269. The largest absolute Gasteiger partial charge is 0.448 e. The highest BCUT2D eigenvalue weighted by Gasteiger charge is 2.15. The van der Waals surface area contributed by atoms with E-state index in [0.29, 0.717) is 5.76 Å². The van der Waals surface area contributed by atoms with Crippen molar-refractivity contribution in [2.45, 2.75) is 26.9 Å². The lowest BCUT2D eigenvalue weighted by atomic mass is 10.1. The molecule has 15 heavy (non-hydrogen) atoms. The number of rotatable bonds is 4. The van der Waals surface area contributed by atoms with Crippen molar-refractivity contribution in [3.05, 3.63) is 17.8 Å². The van der Waals surface area contributed by atoms with Crippen LogP contribution >= 0.6 is 0 Å². The molecule has 0 saturated carbocycles. The topological polar surface area (TPSA) is 75.4 Å². The molecule has 0 aliphatic carbocycles. The van der Waals surface area contributed by atoms with Crippen molar-refractivity contribution in [2.75, 3.05) is 6.54 Å². The number of hydrogen-bond acceptors (Lipinski definition) is 4. The smallest absolute Gasteiger partial charge is 0.273 e. The Hall–Kier alpha value is -1.36. The van der Waals surface area contributed by atoms with Crippen molar-refractivity contribution in [3.8, 4) is 0 Å². The summed E-state index contributed by atoms with van der Waals surface area (Å²) in [5, 5.41) is 12.1. The summed E-state index contributed by atoms with van der Waals surface area (Å²) in [6.45, 7) is 5.67. The van der Waals surface area contributed by atoms with Gasteiger partial charge in [-0.05, 0) is 12.8 Å². The number of carbonyl (C=O) groups excluding carboxylic acids is 1. The molecule has 5 heteroatoms. The quantitative estimate of drug-likeness (QED) is 0.771. The van der Waals surface area contributed by atoms with Gasteiger partial charge in [-0.3, -0.25) is 4.79 Å². The lowest BCUT2D eigenvalue weighted by Gasteiger charge is -2.14. The minimum absolute atomic E-state index is 0.115. The first-order valence-corrected chi connectivity index (χ1v) is 4.88. The fraction of sp³-hybridized carbons (Fsp3) is 0.600. The third kappa shape index (κ3) is 3.06. The molecule has 0 saturated heterocycles. The summed E-state index contributed by atoms with van der Waals surface area (Å²) in [7, 11) is 0. The number of oxazole rings is 1. The highest BCUT2D eigenvalue weighted by atomic mass is 16.3. The Bertz CT molecular complexity index is 333. The van der Waals surface area contributed by atoms with Gasteiger partial charge in [0.15, 0.2) is 12.1 Å². The van der Waals surface area contributed by atoms with Crippen molar-refractivity contribution < 1.29 is 14.3 Å². The fourth-order valence-corrected chi connectivity index (χ4v) is 1.04. The third-order valence-corrected chi connectivity index (χ3v) is 2.20. The molecule has 1 aromatic heterocycles. The van der Waals surface area contributed by atoms with Gasteiger partial charge < -0.3 is 14.8 Å². The summed E-state index contributed by atoms with van der Waals surface area (Å²) < 4.78 is 4.91. The van der Waals surface area contributed by atoms with E-state index < -0.39 is 6.10 Å². The van der Waals surface area contributed by atoms with E-state index in [4.69, 9.17) is 4.42 Å². The summed E-state index contributed by atoms with van der Waals surface area (Å²) in [4.78, 5) is 15.3. The fourth-order valence-electron chi connectivity index (χ4n) is 1.04. The van der Waals surface area contributed by atoms with Crippen molar-refractivity contribution in [3.63, 3.8) is 0 Å². The van der Waals surface area contributed by atoms with E-state index in [-0.39, 0.29) is 24.1 Å². The molecule has 0 spiro atoms. The van der Waals surface area contributed by atoms with E-state index in [2.05, 4.69) is 10.3 Å². The molecule has 84 valence electrons. The van der Waals surface area contributed by atoms with Crippen LogP contribution in [0, 0.1) is 12.8 Å². The first-order chi connectivity index (χ1) is 7.02. The van der Waals surface area contributed by atoms with Crippen molar-refractivity contribution in [2.24, 2.45) is 5.92 Å². The van der Waals surface area contributed by atoms with E-state index in [1.165, 1.54) is 6.39 Å². The van der Waals surface area contributed by atoms with E-state index in [1.807, 2.05) is 13.8 Å². The number of carbonyl (C=O) groups is 1. The van der Waals surface area contributed by atoms with Crippen LogP contribution in [0.15, 0.2) is 10.8 Å². The van der Waals surface area contributed by atoms with Gasteiger partial charge in [0.2, 0.25) is 0 Å². The van der Waals surface area contributed by atoms with Crippen LogP contribution in [0.5, 0.6) is 0 Å². The van der Waals surface area contributed by atoms with Crippen molar-refractivity contribution in [1.82, 2.24) is 10.3 Å². The SMILES string of the molecule is Cc1ocnc1C(=O)NCC(O)C(C)C. The van der Waals surface area contributed by atoms with Gasteiger partial charge in [-0.15, -0.1) is 0 Å². The molecule has 0 fully saturated rings. The monoisotopic (exact) mass is 212 g/mol. The molecule has 2 N–H and O–H groups in total. The lowest BCUT2D eigenvalue weighted by Crippen LogP contribution is -2.35. The molecule has 1 unspecified atom stereocenters. The van der Waals surface area contributed by atoms with Gasteiger partial charge >= 0.3 is 0 Å². The van der Waals surface area contributed by atoms with Crippen molar-refractivity contribution >= 4 is 5.91 Å². The standard InChI is InChI=1S/C10H16N2O3/c1-6(2)8(13)4-11-10(14)9-7(3)15-5-12-9/h5-6,8,13H,4H2,1-3H3,(H,11,14). The Balaban J connectivity index is 2.47. The number of aliphatic hydroxyl groups is 1. The van der Waals surface area contributed by atoms with Gasteiger partial charge in [0.1, 0.15) is 5.76 Å². The van der Waals surface area contributed by atoms with E-state index in [0.717, 1.165) is 0 Å². The Morgan fingerprint density at radius 1 is 1.67 bits per heavy atom. The number of amides is 1. The molecular formula is C10H16N2O3. The van der Waals surface area contributed by atoms with Crippen LogP contribution in [0.25, 0.3) is 0 Å². The minimum atomic E-state index is -0.541. The molecule has 0 aliphatic rings. The lowest BCUT2D eigenvalue weighted by molar-refractivity contribution is 0.0866. The molecular weight excluding hydrogens is 196 g/mol. The zero-order valence-electron chi connectivity index (χ0n) is 9.15. The van der Waals surface area contributed by atoms with Crippen LogP contribution in [0.3, 0.4) is 0 Å². The second-order valence-electron chi connectivity index (χ2n) is 3.78. The second-order valence-corrected chi connectivity index (χ2v) is 3.78. The normalized spacial score (nSPS) is 12.9. The predicted molar refractivity (Wildman–Crippen MR) is 54.4 cm³/mol. The zero-order chi connectivity index (χ0) is 11.4. The van der Waals surface area contributed by atoms with Gasteiger partial charge in [0.25, 0.3) is 5.91 Å². The van der Waals surface area contributed by atoms with Crippen LogP contribution in [0.1, 0.15) is 30.1 Å². The Morgan fingerprint density at radius 2 is 2.33 bits per heavy atom. The summed E-state index contributed by atoms with van der Waals surface area (Å²) >= 11 is 0. The average Bonchev–Trinajstić information content (AvgIpc) is 2.60. The molecule has 0 radical (unpaired) electrons. The molecule has 1 atom stereocenters. The van der Waals surface area contributed by atoms with Crippen LogP contribution in [0.4, 0.5) is 0 Å². The molecule has 1 amide bonds. The maximum Gasteiger partial charge on any atom is 0.273 e. The molecule has 1 rings (SSSR count). The van der Waals surface area contributed by atoms with E-state index in [1.54, 1.807) is 6.92 Å². The van der Waals surface area contributed by atoms with Gasteiger partial charge in [0, 0.05) is 6.54 Å². The van der Waals surface area contributed by atoms with Crippen LogP contribution in [0.2, 0.25) is 0 Å². The summed E-state index contributed by atoms with van der Waals surface area (Å²) in [5.74, 6) is 0.274. The van der Waals surface area contributed by atoms with Gasteiger partial charge in [-0.1, -0.05) is 13.8 Å². The van der Waals surface area contributed by atoms with Crippen LogP contribution in [-0.2, 0) is 0 Å². The second kappa shape index (κ2) is 4.93. The zero-order valence-corrected chi connectivity index (χ0v) is 9.15. The molecule has 1 heterocycles. The van der Waals surface area contributed by atoms with Gasteiger partial charge in [-0.2, -0.15) is 0 Å². The third-order valence-electron chi connectivity index (χ3n) is 2.20. The van der Waals surface area contributed by atoms with E-state index >= 15 is 0 Å². The summed E-state index contributed by atoms with van der Waals surface area (Å²) in [6.07, 6.45) is 0.685. The van der Waals surface area contributed by atoms with Crippen LogP contribution < -0.4 is 5.32 Å². The molecule has 5 nitrogen and oxygen atoms in total. The molecule has 1 aromatic rings. The molecule has 0 aliphatic heterocycles. The van der Waals surface area contributed by atoms with E-state index in [9.17, 15) is 9.90 Å². The highest BCUT2D eigenvalue weighted by Crippen LogP contribution is 2.04. The number of hydrogen-bond donors (Lipinski definition) is 2. The first kappa shape index (κ1) is 11.7. The number of aromatic nitrogens is 1. The molecule has 0 aromatic carbocycles. The number of nitrogens with zero attached hydrogens (tertiary/aromatic N) is 1. The summed E-state index contributed by atoms with van der Waals surface area (Å²) in [6, 6.07) is 0. The Morgan fingerprint density at radius 3 is 2.80 bits per heavy atom. The Labute approximate surface area is 88.5 Å². The maximum atomic E-state index is 11.5. The van der Waals surface area contributed by atoms with Gasteiger partial charge in [0.05, 0.1) is 6.10 Å². The van der Waals surface area contributed by atoms with Gasteiger partial charge in [-0.25, -0.2) is 4.98 Å². The maximum absolute atomic E-state index is 11.5. The number of nitrogens with one attached hydrogen (secondary N) is 1. The van der Waals surface area contributed by atoms with Crippen molar-refractivity contribution in [1.29, 1.82) is 0 Å². The number of aryl methyl sites for hydroxylation is 1. The predicted octanol–water partition coefficient (Wildman–Crippen LogP) is 0.730.